The number of rotatable bonds is 5. The van der Waals surface area contributed by atoms with Crippen LogP contribution in [-0.4, -0.2) is 66.0 Å². The summed E-state index contributed by atoms with van der Waals surface area (Å²) in [6.07, 6.45) is 0. The van der Waals surface area contributed by atoms with E-state index in [0.717, 1.165) is 29.1 Å². The molecule has 0 radical (unpaired) electrons. The number of nitrogens with zero attached hydrogens (tertiary/aromatic N) is 2. The van der Waals surface area contributed by atoms with Gasteiger partial charge in [0.25, 0.3) is 11.7 Å². The van der Waals surface area contributed by atoms with Gasteiger partial charge in [-0.2, -0.15) is 0 Å². The third kappa shape index (κ3) is 3.93. The van der Waals surface area contributed by atoms with E-state index in [4.69, 9.17) is 4.74 Å². The summed E-state index contributed by atoms with van der Waals surface area (Å²) in [5, 5.41) is 13.1. The lowest BCUT2D eigenvalue weighted by molar-refractivity contribution is -0.140. The van der Waals surface area contributed by atoms with Gasteiger partial charge in [-0.3, -0.25) is 14.5 Å². The number of hydrogen-bond donors (Lipinski definition) is 1. The zero-order valence-electron chi connectivity index (χ0n) is 17.3. The van der Waals surface area contributed by atoms with E-state index in [1.807, 2.05) is 49.6 Å². The summed E-state index contributed by atoms with van der Waals surface area (Å²) in [6, 6.07) is 8.99. The molecule has 3 heterocycles. The molecule has 2 aliphatic heterocycles. The number of aryl methyl sites for hydroxylation is 2. The molecular weight excluding hydrogens is 400 g/mol. The van der Waals surface area contributed by atoms with E-state index in [2.05, 4.69) is 4.90 Å². The van der Waals surface area contributed by atoms with Gasteiger partial charge in [0.15, 0.2) is 0 Å². The molecule has 6 nitrogen and oxygen atoms in total. The first-order valence-electron chi connectivity index (χ1n) is 10.2. The predicted molar refractivity (Wildman–Crippen MR) is 117 cm³/mol. The Morgan fingerprint density at radius 3 is 2.63 bits per heavy atom. The van der Waals surface area contributed by atoms with Gasteiger partial charge < -0.3 is 14.7 Å². The first-order valence-corrected chi connectivity index (χ1v) is 11.0. The highest BCUT2D eigenvalue weighted by molar-refractivity contribution is 7.10. The van der Waals surface area contributed by atoms with Gasteiger partial charge in [0, 0.05) is 36.6 Å². The Balaban J connectivity index is 1.73. The van der Waals surface area contributed by atoms with Crippen molar-refractivity contribution in [2.24, 2.45) is 0 Å². The number of amides is 1. The fraction of sp³-hybridized carbons (Fsp3) is 0.391. The molecule has 2 saturated heterocycles. The number of thiophene rings is 1. The van der Waals surface area contributed by atoms with E-state index < -0.39 is 17.7 Å². The molecule has 1 aromatic carbocycles. The Morgan fingerprint density at radius 2 is 1.93 bits per heavy atom. The van der Waals surface area contributed by atoms with Crippen LogP contribution in [-0.2, 0) is 14.3 Å². The zero-order valence-corrected chi connectivity index (χ0v) is 18.1. The van der Waals surface area contributed by atoms with Gasteiger partial charge >= 0.3 is 0 Å². The van der Waals surface area contributed by atoms with Crippen LogP contribution in [0.25, 0.3) is 5.76 Å². The number of ketones is 1. The fourth-order valence-corrected chi connectivity index (χ4v) is 4.91. The van der Waals surface area contributed by atoms with Crippen LogP contribution < -0.4 is 0 Å². The molecule has 0 saturated carbocycles. The second kappa shape index (κ2) is 8.71. The lowest BCUT2D eigenvalue weighted by Gasteiger charge is -2.30. The normalized spacial score (nSPS) is 22.1. The van der Waals surface area contributed by atoms with E-state index in [9.17, 15) is 14.7 Å². The van der Waals surface area contributed by atoms with Gasteiger partial charge in [0.1, 0.15) is 5.76 Å². The summed E-state index contributed by atoms with van der Waals surface area (Å²) in [7, 11) is 0. The van der Waals surface area contributed by atoms with Crippen molar-refractivity contribution in [2.45, 2.75) is 19.9 Å². The Bertz CT molecular complexity index is 977. The third-order valence-corrected chi connectivity index (χ3v) is 6.69. The molecule has 2 aliphatic rings. The average Bonchev–Trinajstić information content (AvgIpc) is 3.36. The van der Waals surface area contributed by atoms with Crippen LogP contribution in [0.4, 0.5) is 0 Å². The van der Waals surface area contributed by atoms with E-state index in [-0.39, 0.29) is 11.3 Å². The number of ether oxygens (including phenoxy) is 1. The standard InChI is InChI=1S/C23H26N2O4S/c1-15-5-6-16(2)17(14-15)21(26)19-20(18-4-3-13-30-18)25(23(28)22(19)27)8-7-24-9-11-29-12-10-24/h3-6,13-14,20,26H,7-12H2,1-2H3/b21-19-. The second-order valence-corrected chi connectivity index (χ2v) is 8.76. The summed E-state index contributed by atoms with van der Waals surface area (Å²) in [5.41, 5.74) is 2.62. The maximum absolute atomic E-state index is 13.0. The largest absolute Gasteiger partial charge is 0.507 e. The summed E-state index contributed by atoms with van der Waals surface area (Å²) in [5.74, 6) is -1.26. The monoisotopic (exact) mass is 426 g/mol. The summed E-state index contributed by atoms with van der Waals surface area (Å²) >= 11 is 1.49. The minimum atomic E-state index is -0.617. The molecule has 0 spiro atoms. The Hall–Kier alpha value is -2.48. The third-order valence-electron chi connectivity index (χ3n) is 5.76. The number of carbonyl (C=O) groups excluding carboxylic acids is 2. The molecule has 7 heteroatoms. The summed E-state index contributed by atoms with van der Waals surface area (Å²) < 4.78 is 5.39. The van der Waals surface area contributed by atoms with Gasteiger partial charge in [-0.15, -0.1) is 11.3 Å². The molecule has 1 amide bonds. The SMILES string of the molecule is Cc1ccc(C)c(/C(O)=C2/C(=O)C(=O)N(CCN3CCOCC3)C2c2cccs2)c1. The Morgan fingerprint density at radius 1 is 1.17 bits per heavy atom. The Labute approximate surface area is 180 Å². The molecule has 0 aliphatic carbocycles. The molecule has 1 unspecified atom stereocenters. The number of morpholine rings is 1. The molecule has 0 bridgehead atoms. The highest BCUT2D eigenvalue weighted by Crippen LogP contribution is 2.41. The fourth-order valence-electron chi connectivity index (χ4n) is 4.06. The molecule has 1 N–H and O–H groups in total. The van der Waals surface area contributed by atoms with E-state index in [0.29, 0.717) is 31.9 Å². The minimum Gasteiger partial charge on any atom is -0.507 e. The maximum Gasteiger partial charge on any atom is 0.295 e. The second-order valence-electron chi connectivity index (χ2n) is 7.78. The van der Waals surface area contributed by atoms with Crippen molar-refractivity contribution in [3.63, 3.8) is 0 Å². The average molecular weight is 427 g/mol. The number of aliphatic hydroxyl groups is 1. The van der Waals surface area contributed by atoms with Gasteiger partial charge in [0.2, 0.25) is 0 Å². The van der Waals surface area contributed by atoms with Gasteiger partial charge in [-0.1, -0.05) is 23.8 Å². The minimum absolute atomic E-state index is 0.0955. The lowest BCUT2D eigenvalue weighted by Crippen LogP contribution is -2.42. The molecule has 4 rings (SSSR count). The number of aliphatic hydroxyl groups excluding tert-OH is 1. The lowest BCUT2D eigenvalue weighted by atomic mass is 9.96. The number of hydrogen-bond acceptors (Lipinski definition) is 6. The number of carbonyl (C=O) groups is 2. The number of benzene rings is 1. The van der Waals surface area contributed by atoms with Crippen LogP contribution in [0, 0.1) is 13.8 Å². The van der Waals surface area contributed by atoms with Crippen molar-refractivity contribution >= 4 is 28.8 Å². The smallest absolute Gasteiger partial charge is 0.295 e. The topological polar surface area (TPSA) is 70.1 Å². The van der Waals surface area contributed by atoms with Crippen molar-refractivity contribution in [3.8, 4) is 0 Å². The molecule has 158 valence electrons. The number of Topliss-reactive ketones (excluding diaryl/α,β-unsaturated/α-hetero) is 1. The van der Waals surface area contributed by atoms with Crippen molar-refractivity contribution in [1.29, 1.82) is 0 Å². The van der Waals surface area contributed by atoms with Crippen LogP contribution in [0.5, 0.6) is 0 Å². The van der Waals surface area contributed by atoms with Gasteiger partial charge in [-0.25, -0.2) is 0 Å². The van der Waals surface area contributed by atoms with Gasteiger partial charge in [0.05, 0.1) is 24.8 Å². The predicted octanol–water partition coefficient (Wildman–Crippen LogP) is 3.12. The highest BCUT2D eigenvalue weighted by Gasteiger charge is 2.46. The molecule has 2 aromatic rings. The molecule has 2 fully saturated rings. The molecule has 30 heavy (non-hydrogen) atoms. The van der Waals surface area contributed by atoms with Crippen LogP contribution in [0.1, 0.15) is 27.6 Å². The molecule has 1 atom stereocenters. The quantitative estimate of drug-likeness (QED) is 0.452. The van der Waals surface area contributed by atoms with E-state index in [1.54, 1.807) is 4.90 Å². The molecular formula is C23H26N2O4S. The van der Waals surface area contributed by atoms with E-state index in [1.165, 1.54) is 11.3 Å². The summed E-state index contributed by atoms with van der Waals surface area (Å²) in [6.45, 7) is 7.92. The van der Waals surface area contributed by atoms with E-state index >= 15 is 0 Å². The van der Waals surface area contributed by atoms with Crippen molar-refractivity contribution in [2.75, 3.05) is 39.4 Å². The molecule has 1 aromatic heterocycles. The van der Waals surface area contributed by atoms with Crippen LogP contribution in [0.2, 0.25) is 0 Å². The first-order chi connectivity index (χ1) is 14.5. The van der Waals surface area contributed by atoms with Crippen LogP contribution in [0.3, 0.4) is 0 Å². The van der Waals surface area contributed by atoms with Crippen LogP contribution >= 0.6 is 11.3 Å². The summed E-state index contributed by atoms with van der Waals surface area (Å²) in [4.78, 5) is 30.7. The van der Waals surface area contributed by atoms with Crippen LogP contribution in [0.15, 0.2) is 41.3 Å². The van der Waals surface area contributed by atoms with Crippen molar-refractivity contribution in [3.05, 3.63) is 62.9 Å². The van der Waals surface area contributed by atoms with Crippen molar-refractivity contribution < 1.29 is 19.4 Å². The zero-order chi connectivity index (χ0) is 21.3. The number of likely N-dealkylation sites (tertiary alicyclic amines) is 1. The Kier molecular flexibility index (Phi) is 6.04. The first kappa shape index (κ1) is 20.8. The maximum atomic E-state index is 13.0. The van der Waals surface area contributed by atoms with Gasteiger partial charge in [-0.05, 0) is 36.9 Å². The highest BCUT2D eigenvalue weighted by atomic mass is 32.1. The van der Waals surface area contributed by atoms with Crippen molar-refractivity contribution in [1.82, 2.24) is 9.80 Å².